The first kappa shape index (κ1) is 10.6. The molecule has 1 amide bonds. The van der Waals surface area contributed by atoms with Gasteiger partial charge < -0.3 is 5.32 Å². The first-order valence-electron chi connectivity index (χ1n) is 5.17. The van der Waals surface area contributed by atoms with Crippen molar-refractivity contribution in [2.45, 2.75) is 13.8 Å². The maximum Gasteiger partial charge on any atom is 0.251 e. The molecule has 0 aliphatic rings. The van der Waals surface area contributed by atoms with E-state index in [-0.39, 0.29) is 5.91 Å². The molecule has 0 spiro atoms. The number of hydrogen-bond donors (Lipinski definition) is 1. The predicted molar refractivity (Wildman–Crippen MR) is 59.0 cm³/mol. The molecule has 0 saturated heterocycles. The second-order valence-corrected chi connectivity index (χ2v) is 4.07. The topological polar surface area (TPSA) is 68.0 Å². The zero-order chi connectivity index (χ0) is 11.5. The van der Waals surface area contributed by atoms with Crippen LogP contribution in [0.4, 0.5) is 0 Å². The molecule has 1 aromatic carbocycles. The molecule has 0 atom stereocenters. The van der Waals surface area contributed by atoms with E-state index >= 15 is 0 Å². The zero-order valence-electron chi connectivity index (χ0n) is 9.23. The van der Waals surface area contributed by atoms with Crippen molar-refractivity contribution < 1.29 is 9.42 Å². The highest BCUT2D eigenvalue weighted by Gasteiger charge is 2.08. The van der Waals surface area contributed by atoms with Gasteiger partial charge in [0, 0.05) is 12.1 Å². The molecular formula is C11H13N3O2. The Bertz CT molecular complexity index is 505. The minimum atomic E-state index is -0.0985. The summed E-state index contributed by atoms with van der Waals surface area (Å²) in [7, 11) is 0. The number of amides is 1. The number of rotatable bonds is 3. The van der Waals surface area contributed by atoms with Gasteiger partial charge in [-0.15, -0.1) is 0 Å². The number of aromatic nitrogens is 2. The van der Waals surface area contributed by atoms with Gasteiger partial charge in [-0.05, 0) is 34.4 Å². The molecule has 16 heavy (non-hydrogen) atoms. The van der Waals surface area contributed by atoms with Crippen LogP contribution < -0.4 is 5.32 Å². The lowest BCUT2D eigenvalue weighted by Gasteiger charge is -2.06. The number of benzene rings is 1. The maximum atomic E-state index is 11.7. The second-order valence-electron chi connectivity index (χ2n) is 4.07. The molecule has 84 valence electrons. The first-order chi connectivity index (χ1) is 7.66. The summed E-state index contributed by atoms with van der Waals surface area (Å²) in [5, 5.41) is 10.2. The Morgan fingerprint density at radius 3 is 2.88 bits per heavy atom. The van der Waals surface area contributed by atoms with E-state index in [0.29, 0.717) is 29.1 Å². The van der Waals surface area contributed by atoms with E-state index in [1.54, 1.807) is 18.2 Å². The average molecular weight is 219 g/mol. The highest BCUT2D eigenvalue weighted by molar-refractivity contribution is 5.97. The van der Waals surface area contributed by atoms with Crippen molar-refractivity contribution in [2.24, 2.45) is 5.92 Å². The highest BCUT2D eigenvalue weighted by Crippen LogP contribution is 2.11. The molecule has 0 radical (unpaired) electrons. The van der Waals surface area contributed by atoms with Crippen LogP contribution in [0.25, 0.3) is 11.0 Å². The van der Waals surface area contributed by atoms with Gasteiger partial charge in [-0.25, -0.2) is 4.63 Å². The number of nitrogens with one attached hydrogen (secondary N) is 1. The van der Waals surface area contributed by atoms with Crippen LogP contribution in [0.2, 0.25) is 0 Å². The van der Waals surface area contributed by atoms with Crippen molar-refractivity contribution in [3.05, 3.63) is 23.8 Å². The van der Waals surface area contributed by atoms with Crippen LogP contribution in [0, 0.1) is 5.92 Å². The van der Waals surface area contributed by atoms with E-state index in [0.717, 1.165) is 0 Å². The maximum absolute atomic E-state index is 11.7. The van der Waals surface area contributed by atoms with Crippen molar-refractivity contribution in [1.82, 2.24) is 15.6 Å². The SMILES string of the molecule is CC(C)CNC(=O)c1ccc2nonc2c1. The predicted octanol–water partition coefficient (Wildman–Crippen LogP) is 1.61. The van der Waals surface area contributed by atoms with E-state index in [4.69, 9.17) is 0 Å². The zero-order valence-corrected chi connectivity index (χ0v) is 9.23. The Balaban J connectivity index is 2.16. The smallest absolute Gasteiger partial charge is 0.251 e. The molecule has 5 nitrogen and oxygen atoms in total. The summed E-state index contributed by atoms with van der Waals surface area (Å²) in [4.78, 5) is 11.7. The van der Waals surface area contributed by atoms with Crippen LogP contribution in [0.15, 0.2) is 22.8 Å². The average Bonchev–Trinajstić information content (AvgIpc) is 2.72. The summed E-state index contributed by atoms with van der Waals surface area (Å²) in [5.74, 6) is 0.333. The molecule has 0 fully saturated rings. The van der Waals surface area contributed by atoms with Gasteiger partial charge in [-0.3, -0.25) is 4.79 Å². The highest BCUT2D eigenvalue weighted by atomic mass is 16.6. The third-order valence-corrected chi connectivity index (χ3v) is 2.19. The van der Waals surface area contributed by atoms with Gasteiger partial charge in [0.1, 0.15) is 11.0 Å². The fraction of sp³-hybridized carbons (Fsp3) is 0.364. The molecule has 0 aliphatic heterocycles. The van der Waals surface area contributed by atoms with Gasteiger partial charge in [-0.2, -0.15) is 0 Å². The Morgan fingerprint density at radius 2 is 2.12 bits per heavy atom. The molecule has 2 rings (SSSR count). The molecule has 1 N–H and O–H groups in total. The minimum Gasteiger partial charge on any atom is -0.352 e. The number of nitrogens with zero attached hydrogens (tertiary/aromatic N) is 2. The van der Waals surface area contributed by atoms with E-state index in [2.05, 4.69) is 20.3 Å². The molecule has 1 aromatic heterocycles. The van der Waals surface area contributed by atoms with Gasteiger partial charge in [0.05, 0.1) is 0 Å². The number of carbonyl (C=O) groups is 1. The van der Waals surface area contributed by atoms with Crippen LogP contribution in [0.3, 0.4) is 0 Å². The number of carbonyl (C=O) groups excluding carboxylic acids is 1. The lowest BCUT2D eigenvalue weighted by atomic mass is 10.1. The quantitative estimate of drug-likeness (QED) is 0.851. The summed E-state index contributed by atoms with van der Waals surface area (Å²) in [6.45, 7) is 4.75. The number of hydrogen-bond acceptors (Lipinski definition) is 4. The molecule has 1 heterocycles. The van der Waals surface area contributed by atoms with Crippen LogP contribution in [0.1, 0.15) is 24.2 Å². The second kappa shape index (κ2) is 4.30. The molecule has 2 aromatic rings. The molecule has 5 heteroatoms. The van der Waals surface area contributed by atoms with Gasteiger partial charge in [0.25, 0.3) is 5.91 Å². The number of fused-ring (bicyclic) bond motifs is 1. The Morgan fingerprint density at radius 1 is 1.38 bits per heavy atom. The summed E-state index contributed by atoms with van der Waals surface area (Å²) >= 11 is 0. The Labute approximate surface area is 92.8 Å². The summed E-state index contributed by atoms with van der Waals surface area (Å²) < 4.78 is 4.57. The van der Waals surface area contributed by atoms with Gasteiger partial charge >= 0.3 is 0 Å². The van der Waals surface area contributed by atoms with E-state index < -0.39 is 0 Å². The normalized spacial score (nSPS) is 10.9. The minimum absolute atomic E-state index is 0.0985. The van der Waals surface area contributed by atoms with Crippen LogP contribution in [-0.4, -0.2) is 22.8 Å². The molecule has 0 saturated carbocycles. The van der Waals surface area contributed by atoms with Crippen molar-refractivity contribution in [2.75, 3.05) is 6.54 Å². The third kappa shape index (κ3) is 2.18. The lowest BCUT2D eigenvalue weighted by Crippen LogP contribution is -2.27. The Hall–Kier alpha value is -1.91. The molecule has 0 aliphatic carbocycles. The van der Waals surface area contributed by atoms with Crippen molar-refractivity contribution in [3.8, 4) is 0 Å². The van der Waals surface area contributed by atoms with Gasteiger partial charge in [0.15, 0.2) is 0 Å². The largest absolute Gasteiger partial charge is 0.352 e. The molecule has 0 bridgehead atoms. The summed E-state index contributed by atoms with van der Waals surface area (Å²) in [5.41, 5.74) is 1.82. The van der Waals surface area contributed by atoms with E-state index in [1.807, 2.05) is 13.8 Å². The summed E-state index contributed by atoms with van der Waals surface area (Å²) in [6.07, 6.45) is 0. The van der Waals surface area contributed by atoms with Crippen LogP contribution in [-0.2, 0) is 0 Å². The van der Waals surface area contributed by atoms with Gasteiger partial charge in [-0.1, -0.05) is 13.8 Å². The van der Waals surface area contributed by atoms with Crippen LogP contribution in [0.5, 0.6) is 0 Å². The lowest BCUT2D eigenvalue weighted by molar-refractivity contribution is 0.0949. The molecule has 0 unspecified atom stereocenters. The first-order valence-corrected chi connectivity index (χ1v) is 5.17. The van der Waals surface area contributed by atoms with E-state index in [1.165, 1.54) is 0 Å². The Kier molecular flexibility index (Phi) is 2.85. The standard InChI is InChI=1S/C11H13N3O2/c1-7(2)6-12-11(15)8-3-4-9-10(5-8)14-16-13-9/h3-5,7H,6H2,1-2H3,(H,12,15). The van der Waals surface area contributed by atoms with Gasteiger partial charge in [0.2, 0.25) is 0 Å². The molecular weight excluding hydrogens is 206 g/mol. The van der Waals surface area contributed by atoms with Crippen molar-refractivity contribution >= 4 is 16.9 Å². The fourth-order valence-electron chi connectivity index (χ4n) is 1.32. The monoisotopic (exact) mass is 219 g/mol. The van der Waals surface area contributed by atoms with Crippen molar-refractivity contribution in [3.63, 3.8) is 0 Å². The third-order valence-electron chi connectivity index (χ3n) is 2.19. The van der Waals surface area contributed by atoms with Crippen LogP contribution >= 0.6 is 0 Å². The fourth-order valence-corrected chi connectivity index (χ4v) is 1.32. The van der Waals surface area contributed by atoms with Crippen molar-refractivity contribution in [1.29, 1.82) is 0 Å². The van der Waals surface area contributed by atoms with E-state index in [9.17, 15) is 4.79 Å². The summed E-state index contributed by atoms with van der Waals surface area (Å²) in [6, 6.07) is 5.10.